The highest BCUT2D eigenvalue weighted by atomic mass is 35.5. The van der Waals surface area contributed by atoms with Gasteiger partial charge in [0.2, 0.25) is 0 Å². The highest BCUT2D eigenvalue weighted by Crippen LogP contribution is 2.37. The van der Waals surface area contributed by atoms with E-state index in [2.05, 4.69) is 37.8 Å². The van der Waals surface area contributed by atoms with Gasteiger partial charge in [-0.1, -0.05) is 72.3 Å². The van der Waals surface area contributed by atoms with Crippen LogP contribution in [0.2, 0.25) is 10.0 Å². The molecule has 0 N–H and O–H groups in total. The third kappa shape index (κ3) is 3.19. The first-order valence-corrected chi connectivity index (χ1v) is 8.13. The SMILES string of the molecule is C=Cc1ccc(-c2ccc(Cl)cc2)c(-c2ccc(Cl)cc2)c1C. The fourth-order valence-corrected chi connectivity index (χ4v) is 3.06. The maximum Gasteiger partial charge on any atom is 0.0406 e. The van der Waals surface area contributed by atoms with Crippen LogP contribution >= 0.6 is 23.2 Å². The van der Waals surface area contributed by atoms with Gasteiger partial charge in [0.05, 0.1) is 0 Å². The van der Waals surface area contributed by atoms with Crippen molar-refractivity contribution in [2.24, 2.45) is 0 Å². The van der Waals surface area contributed by atoms with Crippen molar-refractivity contribution in [2.45, 2.75) is 6.92 Å². The van der Waals surface area contributed by atoms with E-state index in [0.29, 0.717) is 0 Å². The molecule has 0 atom stereocenters. The Morgan fingerprint density at radius 1 is 0.739 bits per heavy atom. The largest absolute Gasteiger partial charge is 0.0985 e. The van der Waals surface area contributed by atoms with E-state index in [-0.39, 0.29) is 0 Å². The van der Waals surface area contributed by atoms with Crippen LogP contribution in [-0.2, 0) is 0 Å². The maximum absolute atomic E-state index is 6.04. The zero-order chi connectivity index (χ0) is 16.4. The Bertz CT molecular complexity index is 844. The number of halogens is 2. The molecule has 3 aromatic rings. The number of rotatable bonds is 3. The molecule has 3 rings (SSSR count). The van der Waals surface area contributed by atoms with E-state index < -0.39 is 0 Å². The average Bonchev–Trinajstić information content (AvgIpc) is 2.56. The number of hydrogen-bond donors (Lipinski definition) is 0. The van der Waals surface area contributed by atoms with Gasteiger partial charge in [0.25, 0.3) is 0 Å². The summed E-state index contributed by atoms with van der Waals surface area (Å²) in [6.45, 7) is 6.04. The van der Waals surface area contributed by atoms with Crippen LogP contribution in [0.3, 0.4) is 0 Å². The summed E-state index contributed by atoms with van der Waals surface area (Å²) in [5, 5.41) is 1.47. The second kappa shape index (κ2) is 6.62. The minimum atomic E-state index is 0.735. The van der Waals surface area contributed by atoms with Gasteiger partial charge in [-0.2, -0.15) is 0 Å². The minimum absolute atomic E-state index is 0.735. The molecule has 2 heteroatoms. The van der Waals surface area contributed by atoms with Crippen molar-refractivity contribution in [1.82, 2.24) is 0 Å². The average molecular weight is 339 g/mol. The van der Waals surface area contributed by atoms with E-state index in [1.165, 1.54) is 16.7 Å². The van der Waals surface area contributed by atoms with E-state index in [0.717, 1.165) is 26.7 Å². The standard InChI is InChI=1S/C21H16Cl2/c1-3-15-8-13-20(16-4-9-18(22)10-5-16)21(14(15)2)17-6-11-19(23)12-7-17/h3-13H,1H2,2H3. The van der Waals surface area contributed by atoms with Crippen molar-refractivity contribution >= 4 is 29.3 Å². The fourth-order valence-electron chi connectivity index (χ4n) is 2.81. The van der Waals surface area contributed by atoms with Crippen LogP contribution in [0, 0.1) is 6.92 Å². The molecular formula is C21H16Cl2. The van der Waals surface area contributed by atoms with E-state index in [1.54, 1.807) is 0 Å². The normalized spacial score (nSPS) is 10.6. The van der Waals surface area contributed by atoms with Gasteiger partial charge in [0, 0.05) is 10.0 Å². The molecule has 0 aliphatic heterocycles. The molecule has 114 valence electrons. The Morgan fingerprint density at radius 2 is 1.26 bits per heavy atom. The summed E-state index contributed by atoms with van der Waals surface area (Å²) >= 11 is 12.1. The first-order chi connectivity index (χ1) is 11.1. The van der Waals surface area contributed by atoms with Crippen LogP contribution in [0.15, 0.2) is 67.2 Å². The van der Waals surface area contributed by atoms with Gasteiger partial charge in [-0.25, -0.2) is 0 Å². The van der Waals surface area contributed by atoms with Crippen molar-refractivity contribution in [3.63, 3.8) is 0 Å². The number of hydrogen-bond acceptors (Lipinski definition) is 0. The molecule has 0 heterocycles. The first-order valence-electron chi connectivity index (χ1n) is 7.38. The smallest absolute Gasteiger partial charge is 0.0406 e. The van der Waals surface area contributed by atoms with Crippen LogP contribution in [0.1, 0.15) is 11.1 Å². The topological polar surface area (TPSA) is 0 Å². The molecule has 0 fully saturated rings. The monoisotopic (exact) mass is 338 g/mol. The summed E-state index contributed by atoms with van der Waals surface area (Å²) in [5.41, 5.74) is 6.98. The highest BCUT2D eigenvalue weighted by molar-refractivity contribution is 6.31. The summed E-state index contributed by atoms with van der Waals surface area (Å²) in [5.74, 6) is 0. The van der Waals surface area contributed by atoms with Crippen molar-refractivity contribution in [3.8, 4) is 22.3 Å². The van der Waals surface area contributed by atoms with Gasteiger partial charge in [0.15, 0.2) is 0 Å². The van der Waals surface area contributed by atoms with Gasteiger partial charge < -0.3 is 0 Å². The molecule has 0 nitrogen and oxygen atoms in total. The molecular weight excluding hydrogens is 323 g/mol. The first kappa shape index (κ1) is 15.9. The molecule has 0 unspecified atom stereocenters. The predicted molar refractivity (Wildman–Crippen MR) is 102 cm³/mol. The molecule has 0 saturated carbocycles. The van der Waals surface area contributed by atoms with Crippen LogP contribution in [-0.4, -0.2) is 0 Å². The highest BCUT2D eigenvalue weighted by Gasteiger charge is 2.12. The predicted octanol–water partition coefficient (Wildman–Crippen LogP) is 7.28. The quantitative estimate of drug-likeness (QED) is 0.470. The summed E-state index contributed by atoms with van der Waals surface area (Å²) < 4.78 is 0. The van der Waals surface area contributed by atoms with Crippen molar-refractivity contribution < 1.29 is 0 Å². The summed E-state index contributed by atoms with van der Waals surface area (Å²) in [4.78, 5) is 0. The third-order valence-corrected chi connectivity index (χ3v) is 4.52. The van der Waals surface area contributed by atoms with Crippen LogP contribution in [0.5, 0.6) is 0 Å². The Morgan fingerprint density at radius 3 is 1.78 bits per heavy atom. The molecule has 0 aliphatic carbocycles. The Labute approximate surface area is 147 Å². The lowest BCUT2D eigenvalue weighted by Gasteiger charge is -2.16. The lowest BCUT2D eigenvalue weighted by Crippen LogP contribution is -1.92. The van der Waals surface area contributed by atoms with Gasteiger partial charge in [0.1, 0.15) is 0 Å². The van der Waals surface area contributed by atoms with Crippen molar-refractivity contribution in [2.75, 3.05) is 0 Å². The second-order valence-electron chi connectivity index (χ2n) is 5.42. The van der Waals surface area contributed by atoms with Crippen molar-refractivity contribution in [1.29, 1.82) is 0 Å². The number of benzene rings is 3. The molecule has 0 aromatic heterocycles. The summed E-state index contributed by atoms with van der Waals surface area (Å²) in [6.07, 6.45) is 1.89. The molecule has 0 spiro atoms. The Kier molecular flexibility index (Phi) is 4.56. The van der Waals surface area contributed by atoms with Gasteiger partial charge in [-0.15, -0.1) is 0 Å². The molecule has 0 saturated heterocycles. The molecule has 23 heavy (non-hydrogen) atoms. The van der Waals surface area contributed by atoms with E-state index >= 15 is 0 Å². The van der Waals surface area contributed by atoms with E-state index in [4.69, 9.17) is 23.2 Å². The second-order valence-corrected chi connectivity index (χ2v) is 6.29. The zero-order valence-corrected chi connectivity index (χ0v) is 14.3. The van der Waals surface area contributed by atoms with E-state index in [1.807, 2.05) is 42.5 Å². The zero-order valence-electron chi connectivity index (χ0n) is 12.8. The molecule has 0 aliphatic rings. The Balaban J connectivity index is 2.27. The van der Waals surface area contributed by atoms with Gasteiger partial charge in [-0.05, 0) is 64.6 Å². The minimum Gasteiger partial charge on any atom is -0.0985 e. The van der Waals surface area contributed by atoms with Crippen LogP contribution in [0.25, 0.3) is 28.3 Å². The molecule has 0 amide bonds. The summed E-state index contributed by atoms with van der Waals surface area (Å²) in [7, 11) is 0. The van der Waals surface area contributed by atoms with Crippen molar-refractivity contribution in [3.05, 3.63) is 88.4 Å². The molecule has 0 bridgehead atoms. The Hall–Kier alpha value is -2.02. The maximum atomic E-state index is 6.04. The fraction of sp³-hybridized carbons (Fsp3) is 0.0476. The lowest BCUT2D eigenvalue weighted by molar-refractivity contribution is 1.43. The van der Waals surface area contributed by atoms with Gasteiger partial charge in [-0.3, -0.25) is 0 Å². The summed E-state index contributed by atoms with van der Waals surface area (Å²) in [6, 6.07) is 20.1. The third-order valence-electron chi connectivity index (χ3n) is 4.01. The molecule has 0 radical (unpaired) electrons. The van der Waals surface area contributed by atoms with Gasteiger partial charge >= 0.3 is 0 Å². The van der Waals surface area contributed by atoms with E-state index in [9.17, 15) is 0 Å². The molecule has 3 aromatic carbocycles. The van der Waals surface area contributed by atoms with Crippen LogP contribution < -0.4 is 0 Å². The van der Waals surface area contributed by atoms with Crippen LogP contribution in [0.4, 0.5) is 0 Å². The lowest BCUT2D eigenvalue weighted by atomic mass is 9.88.